The number of benzene rings is 2. The third-order valence-electron chi connectivity index (χ3n) is 5.39. The fraction of sp³-hybridized carbons (Fsp3) is 0.381. The summed E-state index contributed by atoms with van der Waals surface area (Å²) in [5, 5.41) is 10.1. The van der Waals surface area contributed by atoms with E-state index in [2.05, 4.69) is 35.2 Å². The fourth-order valence-corrected chi connectivity index (χ4v) is 5.59. The van der Waals surface area contributed by atoms with Gasteiger partial charge in [0.05, 0.1) is 6.54 Å². The average Bonchev–Trinajstić information content (AvgIpc) is 3.14. The Labute approximate surface area is 153 Å². The molecule has 4 heteroatoms. The fourth-order valence-electron chi connectivity index (χ4n) is 4.20. The zero-order valence-corrected chi connectivity index (χ0v) is 15.0. The zero-order chi connectivity index (χ0) is 17.2. The molecular formula is C21H23NO2S. The smallest absolute Gasteiger partial charge is 0.176 e. The summed E-state index contributed by atoms with van der Waals surface area (Å²) < 4.78 is 0. The second kappa shape index (κ2) is 7.22. The summed E-state index contributed by atoms with van der Waals surface area (Å²) >= 11 is 2.01. The first-order valence-corrected chi connectivity index (χ1v) is 9.81. The van der Waals surface area contributed by atoms with Crippen molar-refractivity contribution in [3.63, 3.8) is 0 Å². The number of fused-ring (bicyclic) bond motifs is 1. The van der Waals surface area contributed by atoms with Gasteiger partial charge in [0, 0.05) is 28.8 Å². The van der Waals surface area contributed by atoms with E-state index in [0.717, 1.165) is 24.9 Å². The Balaban J connectivity index is 1.29. The number of carbonyl (C=O) groups excluding carboxylic acids is 1. The highest BCUT2D eigenvalue weighted by molar-refractivity contribution is 8.00. The van der Waals surface area contributed by atoms with Crippen LogP contribution < -0.4 is 0 Å². The van der Waals surface area contributed by atoms with Crippen LogP contribution in [0.15, 0.2) is 59.5 Å². The van der Waals surface area contributed by atoms with Crippen LogP contribution >= 0.6 is 11.8 Å². The van der Waals surface area contributed by atoms with Gasteiger partial charge in [-0.2, -0.15) is 0 Å². The molecule has 0 spiro atoms. The van der Waals surface area contributed by atoms with Crippen LogP contribution in [-0.2, 0) is 0 Å². The molecule has 1 saturated carbocycles. The van der Waals surface area contributed by atoms with Gasteiger partial charge in [-0.15, -0.1) is 11.8 Å². The Morgan fingerprint density at radius 2 is 1.64 bits per heavy atom. The molecule has 1 heterocycles. The Kier molecular flexibility index (Phi) is 4.82. The number of likely N-dealkylation sites (tertiary alicyclic amines) is 1. The van der Waals surface area contributed by atoms with Gasteiger partial charge in [-0.05, 0) is 61.1 Å². The molecule has 2 aliphatic rings. The molecular weight excluding hydrogens is 330 g/mol. The molecule has 2 aromatic carbocycles. The van der Waals surface area contributed by atoms with Crippen LogP contribution in [0.3, 0.4) is 0 Å². The Morgan fingerprint density at radius 1 is 1.00 bits per heavy atom. The van der Waals surface area contributed by atoms with E-state index in [1.165, 1.54) is 17.7 Å². The molecule has 25 heavy (non-hydrogen) atoms. The first-order valence-electron chi connectivity index (χ1n) is 8.93. The number of ketones is 1. The molecule has 1 aliphatic heterocycles. The maximum absolute atomic E-state index is 12.4. The molecule has 3 atom stereocenters. The van der Waals surface area contributed by atoms with Crippen molar-refractivity contribution in [3.8, 4) is 5.75 Å². The van der Waals surface area contributed by atoms with Gasteiger partial charge in [-0.1, -0.05) is 18.2 Å². The summed E-state index contributed by atoms with van der Waals surface area (Å²) in [5.41, 5.74) is 0.687. The maximum Gasteiger partial charge on any atom is 0.176 e. The second-order valence-corrected chi connectivity index (χ2v) is 8.58. The maximum atomic E-state index is 12.4. The van der Waals surface area contributed by atoms with Gasteiger partial charge in [-0.3, -0.25) is 9.69 Å². The lowest BCUT2D eigenvalue weighted by Crippen LogP contribution is -2.29. The summed E-state index contributed by atoms with van der Waals surface area (Å²) in [6.07, 6.45) is 2.52. The number of phenolic OH excluding ortho intramolecular Hbond substituents is 1. The molecule has 1 aliphatic carbocycles. The van der Waals surface area contributed by atoms with Crippen molar-refractivity contribution in [2.45, 2.75) is 23.0 Å². The van der Waals surface area contributed by atoms with Gasteiger partial charge >= 0.3 is 0 Å². The van der Waals surface area contributed by atoms with E-state index in [0.29, 0.717) is 17.4 Å². The summed E-state index contributed by atoms with van der Waals surface area (Å²) in [5.74, 6) is 1.81. The highest BCUT2D eigenvalue weighted by atomic mass is 32.2. The van der Waals surface area contributed by atoms with Crippen LogP contribution in [0.1, 0.15) is 23.2 Å². The number of rotatable bonds is 5. The van der Waals surface area contributed by atoms with E-state index < -0.39 is 0 Å². The summed E-state index contributed by atoms with van der Waals surface area (Å²) in [4.78, 5) is 16.1. The molecule has 0 radical (unpaired) electrons. The molecule has 0 aromatic heterocycles. The van der Waals surface area contributed by atoms with Crippen LogP contribution in [0.4, 0.5) is 0 Å². The second-order valence-electron chi connectivity index (χ2n) is 7.21. The predicted molar refractivity (Wildman–Crippen MR) is 101 cm³/mol. The molecule has 0 amide bonds. The quantitative estimate of drug-likeness (QED) is 0.823. The van der Waals surface area contributed by atoms with Crippen molar-refractivity contribution in [1.29, 1.82) is 0 Å². The van der Waals surface area contributed by atoms with Crippen LogP contribution in [-0.4, -0.2) is 40.7 Å². The average molecular weight is 353 g/mol. The van der Waals surface area contributed by atoms with Gasteiger partial charge < -0.3 is 5.11 Å². The minimum absolute atomic E-state index is 0.148. The number of hydrogen-bond donors (Lipinski definition) is 1. The van der Waals surface area contributed by atoms with Crippen LogP contribution in [0.2, 0.25) is 0 Å². The van der Waals surface area contributed by atoms with Crippen molar-refractivity contribution in [1.82, 2.24) is 4.90 Å². The summed E-state index contributed by atoms with van der Waals surface area (Å²) in [6, 6.07) is 17.2. The van der Waals surface area contributed by atoms with E-state index in [1.54, 1.807) is 24.3 Å². The van der Waals surface area contributed by atoms with Gasteiger partial charge in [-0.25, -0.2) is 0 Å². The molecule has 3 nitrogen and oxygen atoms in total. The number of hydrogen-bond acceptors (Lipinski definition) is 4. The van der Waals surface area contributed by atoms with Crippen molar-refractivity contribution < 1.29 is 9.90 Å². The predicted octanol–water partition coefficient (Wildman–Crippen LogP) is 4.08. The van der Waals surface area contributed by atoms with Gasteiger partial charge in [0.25, 0.3) is 0 Å². The minimum Gasteiger partial charge on any atom is -0.508 e. The van der Waals surface area contributed by atoms with E-state index in [9.17, 15) is 9.90 Å². The number of phenols is 1. The molecule has 2 fully saturated rings. The molecule has 4 rings (SSSR count). The minimum atomic E-state index is 0.148. The molecule has 2 aromatic rings. The number of thioether (sulfide) groups is 1. The van der Waals surface area contributed by atoms with E-state index in [1.807, 2.05) is 11.8 Å². The van der Waals surface area contributed by atoms with Gasteiger partial charge in [0.15, 0.2) is 5.78 Å². The Hall–Kier alpha value is -1.78. The van der Waals surface area contributed by atoms with Crippen molar-refractivity contribution in [2.75, 3.05) is 19.6 Å². The normalized spacial score (nSPS) is 25.8. The van der Waals surface area contributed by atoms with Crippen LogP contribution in [0.5, 0.6) is 5.75 Å². The number of Topliss-reactive ketones (excluding diaryl/α,β-unsaturated/α-hetero) is 1. The lowest BCUT2D eigenvalue weighted by molar-refractivity contribution is 0.0941. The molecule has 130 valence electrons. The van der Waals surface area contributed by atoms with Crippen molar-refractivity contribution >= 4 is 17.5 Å². The van der Waals surface area contributed by atoms with E-state index >= 15 is 0 Å². The van der Waals surface area contributed by atoms with Crippen LogP contribution in [0, 0.1) is 11.8 Å². The number of carbonyl (C=O) groups is 1. The van der Waals surface area contributed by atoms with Crippen molar-refractivity contribution in [3.05, 3.63) is 60.2 Å². The van der Waals surface area contributed by atoms with Gasteiger partial charge in [0.1, 0.15) is 5.75 Å². The lowest BCUT2D eigenvalue weighted by atomic mass is 10.0. The molecule has 1 saturated heterocycles. The van der Waals surface area contributed by atoms with Crippen LogP contribution in [0.25, 0.3) is 0 Å². The van der Waals surface area contributed by atoms with Gasteiger partial charge in [0.2, 0.25) is 0 Å². The highest BCUT2D eigenvalue weighted by Crippen LogP contribution is 2.44. The lowest BCUT2D eigenvalue weighted by Gasteiger charge is -2.18. The molecule has 0 unspecified atom stereocenters. The standard InChI is InChI=1S/C21H23NO2S/c23-18-8-6-15(7-9-18)21(24)14-22-12-16-10-20(11-17(16)13-22)25-19-4-2-1-3-5-19/h1-9,16-17,20,23H,10-14H2/t16-,17+,20-. The van der Waals surface area contributed by atoms with Crippen molar-refractivity contribution in [2.24, 2.45) is 11.8 Å². The monoisotopic (exact) mass is 353 g/mol. The third kappa shape index (κ3) is 3.91. The topological polar surface area (TPSA) is 40.5 Å². The Bertz CT molecular complexity index is 717. The highest BCUT2D eigenvalue weighted by Gasteiger charge is 2.41. The number of nitrogens with zero attached hydrogens (tertiary/aromatic N) is 1. The SMILES string of the molecule is O=C(CN1C[C@H]2C[C@@H](Sc3ccccc3)C[C@H]2C1)c1ccc(O)cc1. The third-order valence-corrected chi connectivity index (χ3v) is 6.65. The zero-order valence-electron chi connectivity index (χ0n) is 14.2. The first kappa shape index (κ1) is 16.7. The molecule has 1 N–H and O–H groups in total. The number of aromatic hydroxyl groups is 1. The largest absolute Gasteiger partial charge is 0.508 e. The Morgan fingerprint density at radius 3 is 2.28 bits per heavy atom. The molecule has 0 bridgehead atoms. The summed E-state index contributed by atoms with van der Waals surface area (Å²) in [6.45, 7) is 2.58. The summed E-state index contributed by atoms with van der Waals surface area (Å²) in [7, 11) is 0. The first-order chi connectivity index (χ1) is 12.2. The van der Waals surface area contributed by atoms with E-state index in [-0.39, 0.29) is 11.5 Å². The van der Waals surface area contributed by atoms with E-state index in [4.69, 9.17) is 0 Å².